The summed E-state index contributed by atoms with van der Waals surface area (Å²) in [4.78, 5) is 11.6. The van der Waals surface area contributed by atoms with Crippen LogP contribution >= 0.6 is 0 Å². The summed E-state index contributed by atoms with van der Waals surface area (Å²) < 4.78 is 1.60. The van der Waals surface area contributed by atoms with Gasteiger partial charge in [-0.3, -0.25) is 9.48 Å². The van der Waals surface area contributed by atoms with E-state index in [-0.39, 0.29) is 5.91 Å². The molecule has 4 heteroatoms. The summed E-state index contributed by atoms with van der Waals surface area (Å²) in [5.74, 6) is 0.412. The number of carbonyl (C=O) groups is 1. The topological polar surface area (TPSA) is 46.9 Å². The Morgan fingerprint density at radius 2 is 2.29 bits per heavy atom. The van der Waals surface area contributed by atoms with Crippen molar-refractivity contribution in [1.82, 2.24) is 15.1 Å². The van der Waals surface area contributed by atoms with E-state index in [1.54, 1.807) is 17.8 Å². The molecule has 0 fully saturated rings. The van der Waals surface area contributed by atoms with Crippen LogP contribution in [0.25, 0.3) is 0 Å². The van der Waals surface area contributed by atoms with Crippen molar-refractivity contribution in [1.29, 1.82) is 0 Å². The quantitative estimate of drug-likeness (QED) is 0.785. The van der Waals surface area contributed by atoms with Gasteiger partial charge in [0, 0.05) is 13.6 Å². The molecule has 0 unspecified atom stereocenters. The van der Waals surface area contributed by atoms with Gasteiger partial charge < -0.3 is 5.32 Å². The second kappa shape index (κ2) is 4.26. The zero-order valence-electron chi connectivity index (χ0n) is 9.16. The maximum absolute atomic E-state index is 11.6. The number of amides is 1. The Balaban J connectivity index is 2.65. The summed E-state index contributed by atoms with van der Waals surface area (Å²) in [6.07, 6.45) is 0. The summed E-state index contributed by atoms with van der Waals surface area (Å²) in [5.41, 5.74) is 1.48. The molecule has 0 aliphatic carbocycles. The molecule has 0 atom stereocenters. The van der Waals surface area contributed by atoms with Crippen molar-refractivity contribution in [3.63, 3.8) is 0 Å². The third-order valence-corrected chi connectivity index (χ3v) is 1.91. The smallest absolute Gasteiger partial charge is 0.269 e. The summed E-state index contributed by atoms with van der Waals surface area (Å²) in [6, 6.07) is 1.79. The van der Waals surface area contributed by atoms with Gasteiger partial charge in [-0.05, 0) is 18.9 Å². The highest BCUT2D eigenvalue weighted by atomic mass is 16.2. The van der Waals surface area contributed by atoms with E-state index in [1.807, 2.05) is 6.92 Å². The average molecular weight is 195 g/mol. The average Bonchev–Trinajstić information content (AvgIpc) is 2.41. The monoisotopic (exact) mass is 195 g/mol. The Kier molecular flexibility index (Phi) is 3.28. The molecule has 0 bridgehead atoms. The van der Waals surface area contributed by atoms with E-state index < -0.39 is 0 Å². The van der Waals surface area contributed by atoms with Gasteiger partial charge in [0.25, 0.3) is 5.91 Å². The fourth-order valence-electron chi connectivity index (χ4n) is 1.21. The summed E-state index contributed by atoms with van der Waals surface area (Å²) >= 11 is 0. The Hall–Kier alpha value is -1.32. The summed E-state index contributed by atoms with van der Waals surface area (Å²) in [7, 11) is 1.78. The van der Waals surface area contributed by atoms with Gasteiger partial charge in [-0.2, -0.15) is 5.10 Å². The molecular weight excluding hydrogens is 178 g/mol. The number of rotatable bonds is 3. The second-order valence-corrected chi connectivity index (χ2v) is 3.90. The molecule has 4 nitrogen and oxygen atoms in total. The van der Waals surface area contributed by atoms with Gasteiger partial charge >= 0.3 is 0 Å². The molecule has 1 aromatic heterocycles. The van der Waals surface area contributed by atoms with Crippen LogP contribution in [0.4, 0.5) is 0 Å². The van der Waals surface area contributed by atoms with E-state index in [0.29, 0.717) is 18.2 Å². The van der Waals surface area contributed by atoms with Crippen LogP contribution < -0.4 is 5.32 Å². The van der Waals surface area contributed by atoms with Crippen molar-refractivity contribution >= 4 is 5.91 Å². The van der Waals surface area contributed by atoms with E-state index in [0.717, 1.165) is 5.69 Å². The van der Waals surface area contributed by atoms with Crippen LogP contribution in [0, 0.1) is 12.8 Å². The first kappa shape index (κ1) is 10.8. The predicted molar refractivity (Wildman–Crippen MR) is 55.1 cm³/mol. The minimum atomic E-state index is -0.0539. The Morgan fingerprint density at radius 3 is 2.71 bits per heavy atom. The van der Waals surface area contributed by atoms with Crippen LogP contribution in [0.15, 0.2) is 6.07 Å². The maximum atomic E-state index is 11.6. The molecule has 1 aromatic rings. The molecule has 0 radical (unpaired) electrons. The number of nitrogens with zero attached hydrogens (tertiary/aromatic N) is 2. The standard InChI is InChI=1S/C10H17N3O/c1-7(2)6-11-10(14)9-5-8(3)12-13(9)4/h5,7H,6H2,1-4H3,(H,11,14). The minimum absolute atomic E-state index is 0.0539. The van der Waals surface area contributed by atoms with E-state index in [4.69, 9.17) is 0 Å². The highest BCUT2D eigenvalue weighted by molar-refractivity contribution is 5.92. The number of aryl methyl sites for hydroxylation is 2. The van der Waals surface area contributed by atoms with Crippen molar-refractivity contribution in [2.75, 3.05) is 6.54 Å². The molecule has 1 rings (SSSR count). The lowest BCUT2D eigenvalue weighted by atomic mass is 10.2. The number of nitrogens with one attached hydrogen (secondary N) is 1. The van der Waals surface area contributed by atoms with E-state index in [2.05, 4.69) is 24.3 Å². The first-order valence-electron chi connectivity index (χ1n) is 4.79. The number of hydrogen-bond donors (Lipinski definition) is 1. The van der Waals surface area contributed by atoms with Crippen LogP contribution in [-0.4, -0.2) is 22.2 Å². The lowest BCUT2D eigenvalue weighted by Gasteiger charge is -2.06. The first-order valence-corrected chi connectivity index (χ1v) is 4.79. The molecule has 0 aliphatic heterocycles. The van der Waals surface area contributed by atoms with Gasteiger partial charge in [0.1, 0.15) is 5.69 Å². The summed E-state index contributed by atoms with van der Waals surface area (Å²) in [5, 5.41) is 6.97. The molecule has 0 saturated heterocycles. The third-order valence-electron chi connectivity index (χ3n) is 1.91. The fourth-order valence-corrected chi connectivity index (χ4v) is 1.21. The molecule has 78 valence electrons. The number of carbonyl (C=O) groups excluding carboxylic acids is 1. The number of hydrogen-bond acceptors (Lipinski definition) is 2. The Bertz CT molecular complexity index is 328. The molecular formula is C10H17N3O. The molecule has 0 saturated carbocycles. The van der Waals surface area contributed by atoms with Gasteiger partial charge in [-0.25, -0.2) is 0 Å². The van der Waals surface area contributed by atoms with Crippen molar-refractivity contribution in [3.8, 4) is 0 Å². The van der Waals surface area contributed by atoms with Crippen LogP contribution in [0.1, 0.15) is 30.0 Å². The highest BCUT2D eigenvalue weighted by Crippen LogP contribution is 2.01. The first-order chi connectivity index (χ1) is 6.50. The van der Waals surface area contributed by atoms with E-state index in [9.17, 15) is 4.79 Å². The largest absolute Gasteiger partial charge is 0.350 e. The third kappa shape index (κ3) is 2.58. The van der Waals surface area contributed by atoms with Crippen molar-refractivity contribution < 1.29 is 4.79 Å². The predicted octanol–water partition coefficient (Wildman–Crippen LogP) is 1.11. The van der Waals surface area contributed by atoms with Gasteiger partial charge in [0.15, 0.2) is 0 Å². The van der Waals surface area contributed by atoms with Crippen LogP contribution in [0.3, 0.4) is 0 Å². The molecule has 1 heterocycles. The maximum Gasteiger partial charge on any atom is 0.269 e. The SMILES string of the molecule is Cc1cc(C(=O)NCC(C)C)n(C)n1. The van der Waals surface area contributed by atoms with Crippen molar-refractivity contribution in [2.45, 2.75) is 20.8 Å². The van der Waals surface area contributed by atoms with Crippen molar-refractivity contribution in [3.05, 3.63) is 17.5 Å². The van der Waals surface area contributed by atoms with Crippen LogP contribution in [0.2, 0.25) is 0 Å². The zero-order chi connectivity index (χ0) is 10.7. The summed E-state index contributed by atoms with van der Waals surface area (Å²) in [6.45, 7) is 6.70. The second-order valence-electron chi connectivity index (χ2n) is 3.90. The highest BCUT2D eigenvalue weighted by Gasteiger charge is 2.11. The normalized spacial score (nSPS) is 10.6. The molecule has 0 aliphatic rings. The lowest BCUT2D eigenvalue weighted by molar-refractivity contribution is 0.0939. The lowest BCUT2D eigenvalue weighted by Crippen LogP contribution is -2.28. The zero-order valence-corrected chi connectivity index (χ0v) is 9.16. The molecule has 1 amide bonds. The Labute approximate surface area is 84.3 Å². The van der Waals surface area contributed by atoms with Gasteiger partial charge in [-0.1, -0.05) is 13.8 Å². The van der Waals surface area contributed by atoms with Gasteiger partial charge in [0.2, 0.25) is 0 Å². The minimum Gasteiger partial charge on any atom is -0.350 e. The molecule has 0 spiro atoms. The van der Waals surface area contributed by atoms with E-state index >= 15 is 0 Å². The van der Waals surface area contributed by atoms with Gasteiger partial charge in [0.05, 0.1) is 5.69 Å². The van der Waals surface area contributed by atoms with Gasteiger partial charge in [-0.15, -0.1) is 0 Å². The number of aromatic nitrogens is 2. The molecule has 0 aromatic carbocycles. The molecule has 14 heavy (non-hydrogen) atoms. The van der Waals surface area contributed by atoms with Crippen LogP contribution in [0.5, 0.6) is 0 Å². The molecule has 1 N–H and O–H groups in total. The fraction of sp³-hybridized carbons (Fsp3) is 0.600. The van der Waals surface area contributed by atoms with E-state index in [1.165, 1.54) is 0 Å². The Morgan fingerprint density at radius 1 is 1.64 bits per heavy atom. The van der Waals surface area contributed by atoms with Crippen LogP contribution in [-0.2, 0) is 7.05 Å². The van der Waals surface area contributed by atoms with Crippen molar-refractivity contribution in [2.24, 2.45) is 13.0 Å².